The Morgan fingerprint density at radius 3 is 1.02 bits per heavy atom. The van der Waals surface area contributed by atoms with Crippen LogP contribution in [0.3, 0.4) is 0 Å². The standard InChI is InChI=1S/C85H55N3/c1-7-21-55(22-8-1)61-37-41-69-75(49-61)76-50-62(56-23-9-2-10-24-56)38-42-70(76)83(69)67-35-19-33-65(47-67)79-53-73(59-29-15-5-16-30-59)71-43-44-72-74(60-31-17-6-18-32-60)54-80(87-85(72)84(71)86-79)66-34-20-36-68(48-66)88-81-45-39-63(57-25-11-3-12-26-57)51-77(81)78-52-64(40-46-82(78)88)58-27-13-4-14-28-58/h1-54,83H. The van der Waals surface area contributed by atoms with E-state index in [-0.39, 0.29) is 5.92 Å². The monoisotopic (exact) mass is 1120 g/mol. The normalized spacial score (nSPS) is 12.0. The van der Waals surface area contributed by atoms with E-state index in [0.29, 0.717) is 0 Å². The lowest BCUT2D eigenvalue weighted by molar-refractivity contribution is 1.02. The Balaban J connectivity index is 0.842. The second-order valence-corrected chi connectivity index (χ2v) is 23.2. The van der Waals surface area contributed by atoms with E-state index in [1.807, 2.05) is 0 Å². The predicted molar refractivity (Wildman–Crippen MR) is 368 cm³/mol. The third-order valence-corrected chi connectivity index (χ3v) is 18.1. The predicted octanol–water partition coefficient (Wildman–Crippen LogP) is 22.4. The van der Waals surface area contributed by atoms with Crippen molar-refractivity contribution in [3.63, 3.8) is 0 Å². The van der Waals surface area contributed by atoms with Gasteiger partial charge in [0.05, 0.1) is 33.5 Å². The molecule has 3 heterocycles. The molecule has 0 spiro atoms. The molecule has 88 heavy (non-hydrogen) atoms. The van der Waals surface area contributed by atoms with Crippen LogP contribution in [0, 0.1) is 0 Å². The van der Waals surface area contributed by atoms with Gasteiger partial charge in [0, 0.05) is 44.3 Å². The molecule has 0 fully saturated rings. The molecule has 0 saturated carbocycles. The lowest BCUT2D eigenvalue weighted by atomic mass is 9.87. The molecule has 17 rings (SSSR count). The molecule has 3 heteroatoms. The van der Waals surface area contributed by atoms with Crippen molar-refractivity contribution in [2.45, 2.75) is 5.92 Å². The second-order valence-electron chi connectivity index (χ2n) is 23.2. The molecule has 16 aromatic rings. The van der Waals surface area contributed by atoms with Crippen LogP contribution in [0.2, 0.25) is 0 Å². The van der Waals surface area contributed by atoms with Crippen LogP contribution >= 0.6 is 0 Å². The number of hydrogen-bond donors (Lipinski definition) is 0. The molecule has 0 amide bonds. The highest BCUT2D eigenvalue weighted by atomic mass is 15.0. The van der Waals surface area contributed by atoms with E-state index in [1.54, 1.807) is 0 Å². The van der Waals surface area contributed by atoms with Gasteiger partial charge >= 0.3 is 0 Å². The van der Waals surface area contributed by atoms with E-state index in [4.69, 9.17) is 9.97 Å². The molecule has 1 aliphatic rings. The fourth-order valence-electron chi connectivity index (χ4n) is 13.8. The van der Waals surface area contributed by atoms with Gasteiger partial charge in [0.1, 0.15) is 0 Å². The van der Waals surface area contributed by atoms with Crippen molar-refractivity contribution in [3.05, 3.63) is 344 Å². The van der Waals surface area contributed by atoms with Crippen molar-refractivity contribution in [3.8, 4) is 106 Å². The van der Waals surface area contributed by atoms with Crippen LogP contribution in [0.25, 0.3) is 150 Å². The summed E-state index contributed by atoms with van der Waals surface area (Å²) in [5, 5.41) is 4.50. The minimum absolute atomic E-state index is 0.0175. The van der Waals surface area contributed by atoms with E-state index < -0.39 is 0 Å². The Bertz CT molecular complexity index is 5160. The summed E-state index contributed by atoms with van der Waals surface area (Å²) in [5.41, 5.74) is 29.4. The Morgan fingerprint density at radius 2 is 0.591 bits per heavy atom. The third kappa shape index (κ3) is 8.82. The summed E-state index contributed by atoms with van der Waals surface area (Å²) in [6.07, 6.45) is 0. The van der Waals surface area contributed by atoms with Gasteiger partial charge in [-0.1, -0.05) is 261 Å². The average molecular weight is 1120 g/mol. The van der Waals surface area contributed by atoms with Crippen LogP contribution in [0.1, 0.15) is 22.6 Å². The van der Waals surface area contributed by atoms with E-state index in [1.165, 1.54) is 83.1 Å². The summed E-state index contributed by atoms with van der Waals surface area (Å²) in [4.78, 5) is 11.6. The van der Waals surface area contributed by atoms with E-state index in [9.17, 15) is 0 Å². The van der Waals surface area contributed by atoms with Crippen LogP contribution in [0.15, 0.2) is 328 Å². The highest BCUT2D eigenvalue weighted by Gasteiger charge is 2.31. The first-order valence-corrected chi connectivity index (χ1v) is 30.3. The molecule has 0 unspecified atom stereocenters. The van der Waals surface area contributed by atoms with Gasteiger partial charge in [-0.3, -0.25) is 0 Å². The average Bonchev–Trinajstić information content (AvgIpc) is 1.76. The molecule has 0 saturated heterocycles. The Kier molecular flexibility index (Phi) is 12.3. The Morgan fingerprint density at radius 1 is 0.227 bits per heavy atom. The minimum atomic E-state index is 0.0175. The van der Waals surface area contributed by atoms with Gasteiger partial charge in [-0.2, -0.15) is 0 Å². The lowest BCUT2D eigenvalue weighted by Gasteiger charge is -2.18. The molecular formula is C85H55N3. The smallest absolute Gasteiger partial charge is 0.0978 e. The highest BCUT2D eigenvalue weighted by molar-refractivity contribution is 6.14. The first-order valence-electron chi connectivity index (χ1n) is 30.3. The zero-order valence-corrected chi connectivity index (χ0v) is 48.1. The van der Waals surface area contributed by atoms with E-state index in [2.05, 4.69) is 332 Å². The number of aromatic nitrogens is 3. The summed E-state index contributed by atoms with van der Waals surface area (Å²) in [6, 6.07) is 119. The highest BCUT2D eigenvalue weighted by Crippen LogP contribution is 2.51. The van der Waals surface area contributed by atoms with Gasteiger partial charge in [-0.15, -0.1) is 0 Å². The molecule has 13 aromatic carbocycles. The van der Waals surface area contributed by atoms with Gasteiger partial charge in [0.25, 0.3) is 0 Å². The maximum absolute atomic E-state index is 5.79. The van der Waals surface area contributed by atoms with Gasteiger partial charge in [-0.25, -0.2) is 9.97 Å². The van der Waals surface area contributed by atoms with Gasteiger partial charge in [-0.05, 0) is 161 Å². The summed E-state index contributed by atoms with van der Waals surface area (Å²) in [5.74, 6) is 0.0175. The zero-order valence-electron chi connectivity index (χ0n) is 48.1. The summed E-state index contributed by atoms with van der Waals surface area (Å²) < 4.78 is 2.42. The summed E-state index contributed by atoms with van der Waals surface area (Å²) in [7, 11) is 0. The fraction of sp³-hybridized carbons (Fsp3) is 0.0118. The molecular weight excluding hydrogens is 1060 g/mol. The molecule has 3 nitrogen and oxygen atoms in total. The number of nitrogens with zero attached hydrogens (tertiary/aromatic N) is 3. The molecule has 0 N–H and O–H groups in total. The zero-order chi connectivity index (χ0) is 58.1. The maximum atomic E-state index is 5.79. The van der Waals surface area contributed by atoms with Crippen LogP contribution < -0.4 is 0 Å². The number of hydrogen-bond acceptors (Lipinski definition) is 2. The SMILES string of the molecule is c1ccc(-c2ccc3c(c2)-c2cc(-c4ccccc4)ccc2C3c2cccc(-c3cc(-c4ccccc4)c4ccc5c(-c6ccccc6)cc(-c6cccc(-n7c8ccc(-c9ccccc9)cc8c8cc(-c9ccccc9)ccc87)c6)nc5c4n3)c2)cc1. The van der Waals surface area contributed by atoms with Crippen LogP contribution in [-0.4, -0.2) is 14.5 Å². The van der Waals surface area contributed by atoms with Crippen molar-refractivity contribution in [1.29, 1.82) is 0 Å². The van der Waals surface area contributed by atoms with Gasteiger partial charge in [0.2, 0.25) is 0 Å². The summed E-state index contributed by atoms with van der Waals surface area (Å²) in [6.45, 7) is 0. The molecule has 0 atom stereocenters. The van der Waals surface area contributed by atoms with E-state index in [0.717, 1.165) is 83.3 Å². The second kappa shape index (κ2) is 21.2. The Labute approximate surface area is 511 Å². The molecule has 410 valence electrons. The molecule has 0 aliphatic heterocycles. The minimum Gasteiger partial charge on any atom is -0.309 e. The van der Waals surface area contributed by atoms with Gasteiger partial charge < -0.3 is 4.57 Å². The number of benzene rings is 13. The first-order chi connectivity index (χ1) is 43.6. The van der Waals surface area contributed by atoms with Crippen LogP contribution in [-0.2, 0) is 0 Å². The third-order valence-electron chi connectivity index (χ3n) is 18.1. The van der Waals surface area contributed by atoms with Crippen molar-refractivity contribution >= 4 is 43.6 Å². The van der Waals surface area contributed by atoms with Crippen molar-refractivity contribution < 1.29 is 0 Å². The topological polar surface area (TPSA) is 30.7 Å². The Hall–Kier alpha value is -11.5. The van der Waals surface area contributed by atoms with Crippen LogP contribution in [0.5, 0.6) is 0 Å². The van der Waals surface area contributed by atoms with Gasteiger partial charge in [0.15, 0.2) is 0 Å². The van der Waals surface area contributed by atoms with Crippen molar-refractivity contribution in [2.75, 3.05) is 0 Å². The largest absolute Gasteiger partial charge is 0.309 e. The number of rotatable bonds is 10. The van der Waals surface area contributed by atoms with E-state index >= 15 is 0 Å². The fourth-order valence-corrected chi connectivity index (χ4v) is 13.8. The number of fused-ring (bicyclic) bond motifs is 9. The molecule has 0 radical (unpaired) electrons. The molecule has 0 bridgehead atoms. The summed E-state index contributed by atoms with van der Waals surface area (Å²) >= 11 is 0. The molecule has 1 aliphatic carbocycles. The van der Waals surface area contributed by atoms with Crippen molar-refractivity contribution in [2.24, 2.45) is 0 Å². The van der Waals surface area contributed by atoms with Crippen molar-refractivity contribution in [1.82, 2.24) is 14.5 Å². The first kappa shape index (κ1) is 50.9. The van der Waals surface area contributed by atoms with Crippen LogP contribution in [0.4, 0.5) is 0 Å². The number of pyridine rings is 2. The molecule has 3 aromatic heterocycles. The lowest BCUT2D eigenvalue weighted by Crippen LogP contribution is -2.00. The quantitative estimate of drug-likeness (QED) is 0.128. The maximum Gasteiger partial charge on any atom is 0.0978 e.